The third-order valence-electron chi connectivity index (χ3n) is 6.16. The normalized spacial score (nSPS) is 24.0. The molecule has 2 aromatic rings. The van der Waals surface area contributed by atoms with Gasteiger partial charge in [-0.15, -0.1) is 11.8 Å². The van der Waals surface area contributed by atoms with Gasteiger partial charge in [0, 0.05) is 23.4 Å². The summed E-state index contributed by atoms with van der Waals surface area (Å²) < 4.78 is 5.28. The molecule has 0 aromatic heterocycles. The quantitative estimate of drug-likeness (QED) is 0.754. The highest BCUT2D eigenvalue weighted by Gasteiger charge is 2.59. The molecule has 2 aromatic carbocycles. The topological polar surface area (TPSA) is 53.1 Å². The molecule has 1 unspecified atom stereocenters. The summed E-state index contributed by atoms with van der Waals surface area (Å²) in [6, 6.07) is 15.3. The van der Waals surface area contributed by atoms with Crippen LogP contribution in [0, 0.1) is 0 Å². The van der Waals surface area contributed by atoms with Gasteiger partial charge in [-0.25, -0.2) is 0 Å². The highest BCUT2D eigenvalue weighted by atomic mass is 32.2. The van der Waals surface area contributed by atoms with E-state index in [-0.39, 0.29) is 11.8 Å². The Bertz CT molecular complexity index is 974. The Morgan fingerprint density at radius 1 is 1.03 bits per heavy atom. The number of carbonyl (C=O) groups excluding carboxylic acids is 2. The summed E-state index contributed by atoms with van der Waals surface area (Å²) in [5.74, 6) is 1.30. The fraction of sp³-hybridized carbons (Fsp3) is 0.391. The van der Waals surface area contributed by atoms with Gasteiger partial charge in [-0.2, -0.15) is 0 Å². The van der Waals surface area contributed by atoms with Crippen LogP contribution in [0.5, 0.6) is 5.75 Å². The molecule has 7 heteroatoms. The Morgan fingerprint density at radius 3 is 2.50 bits per heavy atom. The zero-order valence-electron chi connectivity index (χ0n) is 17.0. The molecule has 30 heavy (non-hydrogen) atoms. The number of ether oxygens (including phenoxy) is 1. The minimum atomic E-state index is -1.06. The number of benzene rings is 2. The number of hydrogen-bond donors (Lipinski definition) is 0. The number of anilines is 2. The average molecular weight is 424 g/mol. The summed E-state index contributed by atoms with van der Waals surface area (Å²) in [5, 5.41) is 0. The first-order chi connectivity index (χ1) is 14.6. The Hall–Kier alpha value is -2.51. The van der Waals surface area contributed by atoms with Crippen LogP contribution >= 0.6 is 11.8 Å². The van der Waals surface area contributed by atoms with Crippen molar-refractivity contribution in [2.75, 3.05) is 42.4 Å². The Labute approximate surface area is 180 Å². The van der Waals surface area contributed by atoms with E-state index in [9.17, 15) is 9.59 Å². The van der Waals surface area contributed by atoms with Gasteiger partial charge >= 0.3 is 0 Å². The second kappa shape index (κ2) is 7.63. The van der Waals surface area contributed by atoms with Crippen molar-refractivity contribution in [1.29, 1.82) is 0 Å². The largest absolute Gasteiger partial charge is 0.497 e. The minimum Gasteiger partial charge on any atom is -0.497 e. The highest BCUT2D eigenvalue weighted by molar-refractivity contribution is 8.01. The summed E-state index contributed by atoms with van der Waals surface area (Å²) >= 11 is 1.57. The fourth-order valence-corrected chi connectivity index (χ4v) is 6.19. The van der Waals surface area contributed by atoms with E-state index in [1.54, 1.807) is 23.8 Å². The van der Waals surface area contributed by atoms with Crippen LogP contribution in [0.15, 0.2) is 48.5 Å². The number of para-hydroxylation sites is 1. The van der Waals surface area contributed by atoms with Crippen LogP contribution in [-0.4, -0.2) is 49.3 Å². The maximum Gasteiger partial charge on any atom is 0.269 e. The monoisotopic (exact) mass is 423 g/mol. The molecule has 1 spiro atoms. The number of likely N-dealkylation sites (tertiary alicyclic amines) is 1. The Morgan fingerprint density at radius 2 is 1.77 bits per heavy atom. The van der Waals surface area contributed by atoms with E-state index in [1.165, 1.54) is 12.8 Å². The SMILES string of the molecule is COc1ccc(N2C(=O)CCSC23C(=O)N(CN2CCCC2)c2ccccc23)cc1. The lowest BCUT2D eigenvalue weighted by Gasteiger charge is -2.43. The van der Waals surface area contributed by atoms with Crippen molar-refractivity contribution in [3.8, 4) is 5.75 Å². The van der Waals surface area contributed by atoms with Crippen molar-refractivity contribution in [1.82, 2.24) is 4.90 Å². The minimum absolute atomic E-state index is 0.0231. The van der Waals surface area contributed by atoms with Crippen LogP contribution < -0.4 is 14.5 Å². The standard InChI is InChI=1S/C23H25N3O3S/c1-29-18-10-8-17(9-11-18)26-21(27)12-15-30-23(26)19-6-2-3-7-20(19)25(22(23)28)16-24-13-4-5-14-24/h2-3,6-11H,4-5,12-16H2,1H3. The molecule has 0 saturated carbocycles. The molecule has 5 rings (SSSR count). The maximum atomic E-state index is 14.0. The molecule has 2 fully saturated rings. The lowest BCUT2D eigenvalue weighted by Crippen LogP contribution is -2.57. The summed E-state index contributed by atoms with van der Waals surface area (Å²) in [4.78, 5) is 32.1. The van der Waals surface area contributed by atoms with Crippen LogP contribution in [0.3, 0.4) is 0 Å². The molecule has 2 amide bonds. The smallest absolute Gasteiger partial charge is 0.269 e. The molecule has 2 saturated heterocycles. The van der Waals surface area contributed by atoms with Gasteiger partial charge in [-0.05, 0) is 56.3 Å². The Balaban J connectivity index is 1.62. The fourth-order valence-electron chi connectivity index (χ4n) is 4.72. The summed E-state index contributed by atoms with van der Waals surface area (Å²) in [6.07, 6.45) is 2.75. The number of amides is 2. The molecule has 156 valence electrons. The number of fused-ring (bicyclic) bond motifs is 2. The van der Waals surface area contributed by atoms with Gasteiger partial charge in [0.1, 0.15) is 5.75 Å². The maximum absolute atomic E-state index is 14.0. The first-order valence-corrected chi connectivity index (χ1v) is 11.4. The van der Waals surface area contributed by atoms with Crippen LogP contribution in [0.2, 0.25) is 0 Å². The number of nitrogens with zero attached hydrogens (tertiary/aromatic N) is 3. The van der Waals surface area contributed by atoms with Gasteiger partial charge in [0.25, 0.3) is 5.91 Å². The molecule has 6 nitrogen and oxygen atoms in total. The Kier molecular flexibility index (Phi) is 4.95. The number of methoxy groups -OCH3 is 1. The first-order valence-electron chi connectivity index (χ1n) is 10.4. The summed E-state index contributed by atoms with van der Waals surface area (Å²) in [6.45, 7) is 2.59. The van der Waals surface area contributed by atoms with E-state index in [0.717, 1.165) is 35.8 Å². The van der Waals surface area contributed by atoms with Crippen LogP contribution in [-0.2, 0) is 14.5 Å². The van der Waals surface area contributed by atoms with Crippen molar-refractivity contribution in [3.05, 3.63) is 54.1 Å². The molecule has 0 N–H and O–H groups in total. The second-order valence-electron chi connectivity index (χ2n) is 7.89. The van der Waals surface area contributed by atoms with Gasteiger partial charge < -0.3 is 4.74 Å². The molecule has 3 aliphatic rings. The molecular formula is C23H25N3O3S. The molecule has 3 aliphatic heterocycles. The molecule has 0 bridgehead atoms. The molecule has 1 atom stereocenters. The van der Waals surface area contributed by atoms with E-state index in [2.05, 4.69) is 4.90 Å². The van der Waals surface area contributed by atoms with Gasteiger partial charge in [-0.3, -0.25) is 24.3 Å². The average Bonchev–Trinajstić information content (AvgIpc) is 3.37. The second-order valence-corrected chi connectivity index (χ2v) is 9.17. The number of carbonyl (C=O) groups is 2. The highest BCUT2D eigenvalue weighted by Crippen LogP contribution is 2.54. The third kappa shape index (κ3) is 2.91. The van der Waals surface area contributed by atoms with E-state index < -0.39 is 4.87 Å². The van der Waals surface area contributed by atoms with E-state index in [4.69, 9.17) is 4.74 Å². The number of hydrogen-bond acceptors (Lipinski definition) is 5. The van der Waals surface area contributed by atoms with Gasteiger partial charge in [0.2, 0.25) is 10.8 Å². The summed E-state index contributed by atoms with van der Waals surface area (Å²) in [7, 11) is 1.62. The van der Waals surface area contributed by atoms with Crippen molar-refractivity contribution in [2.45, 2.75) is 24.1 Å². The molecule has 0 radical (unpaired) electrons. The van der Waals surface area contributed by atoms with Gasteiger partial charge in [-0.1, -0.05) is 18.2 Å². The van der Waals surface area contributed by atoms with Crippen LogP contribution in [0.25, 0.3) is 0 Å². The predicted molar refractivity (Wildman–Crippen MR) is 119 cm³/mol. The first kappa shape index (κ1) is 19.5. The van der Waals surface area contributed by atoms with E-state index in [0.29, 0.717) is 18.8 Å². The van der Waals surface area contributed by atoms with Gasteiger partial charge in [0.05, 0.1) is 19.5 Å². The third-order valence-corrected chi connectivity index (χ3v) is 7.56. The zero-order valence-corrected chi connectivity index (χ0v) is 17.9. The van der Waals surface area contributed by atoms with Crippen molar-refractivity contribution >= 4 is 35.0 Å². The predicted octanol–water partition coefficient (Wildman–Crippen LogP) is 3.42. The number of rotatable bonds is 4. The molecular weight excluding hydrogens is 398 g/mol. The summed E-state index contributed by atoms with van der Waals surface area (Å²) in [5.41, 5.74) is 2.54. The van der Waals surface area contributed by atoms with Crippen LogP contribution in [0.4, 0.5) is 11.4 Å². The molecule has 3 heterocycles. The zero-order chi connectivity index (χ0) is 20.7. The lowest BCUT2D eigenvalue weighted by atomic mass is 10.0. The van der Waals surface area contributed by atoms with Crippen LogP contribution in [0.1, 0.15) is 24.8 Å². The van der Waals surface area contributed by atoms with E-state index >= 15 is 0 Å². The van der Waals surface area contributed by atoms with Gasteiger partial charge in [0.15, 0.2) is 0 Å². The molecule has 0 aliphatic carbocycles. The van der Waals surface area contributed by atoms with Crippen molar-refractivity contribution < 1.29 is 14.3 Å². The van der Waals surface area contributed by atoms with Crippen molar-refractivity contribution in [3.63, 3.8) is 0 Å². The number of thioether (sulfide) groups is 1. The van der Waals surface area contributed by atoms with Crippen molar-refractivity contribution in [2.24, 2.45) is 0 Å². The van der Waals surface area contributed by atoms with E-state index in [1.807, 2.05) is 53.4 Å². The lowest BCUT2D eigenvalue weighted by molar-refractivity contribution is -0.126.